The molecular formula is C14H26N4OS. The minimum Gasteiger partial charge on any atom is -0.379 e. The van der Waals surface area contributed by atoms with Gasteiger partial charge >= 0.3 is 0 Å². The van der Waals surface area contributed by atoms with E-state index in [1.165, 1.54) is 4.88 Å². The van der Waals surface area contributed by atoms with Crippen LogP contribution >= 0.6 is 11.3 Å². The fourth-order valence-electron chi connectivity index (χ4n) is 1.81. The lowest BCUT2D eigenvalue weighted by Crippen LogP contribution is -2.45. The number of hydrogen-bond acceptors (Lipinski definition) is 4. The minimum absolute atomic E-state index is 0.0921. The molecule has 0 amide bonds. The van der Waals surface area contributed by atoms with Crippen molar-refractivity contribution in [2.45, 2.75) is 40.3 Å². The van der Waals surface area contributed by atoms with Crippen molar-refractivity contribution in [1.29, 1.82) is 0 Å². The number of rotatable bonds is 5. The number of guanidine groups is 1. The van der Waals surface area contributed by atoms with Crippen molar-refractivity contribution in [3.05, 3.63) is 16.1 Å². The number of aromatic nitrogens is 1. The zero-order valence-electron chi connectivity index (χ0n) is 13.3. The summed E-state index contributed by atoms with van der Waals surface area (Å²) in [5, 5.41) is 6.60. The van der Waals surface area contributed by atoms with Crippen molar-refractivity contribution in [2.75, 3.05) is 20.7 Å². The van der Waals surface area contributed by atoms with Crippen LogP contribution in [0, 0.1) is 12.3 Å². The molecular weight excluding hydrogens is 272 g/mol. The summed E-state index contributed by atoms with van der Waals surface area (Å²) in [6.45, 7) is 9.98. The van der Waals surface area contributed by atoms with Crippen molar-refractivity contribution < 1.29 is 4.74 Å². The molecule has 0 spiro atoms. The molecule has 1 atom stereocenters. The zero-order valence-corrected chi connectivity index (χ0v) is 14.1. The Morgan fingerprint density at radius 3 is 2.60 bits per heavy atom. The van der Waals surface area contributed by atoms with Gasteiger partial charge in [-0.2, -0.15) is 0 Å². The van der Waals surface area contributed by atoms with Crippen LogP contribution < -0.4 is 10.6 Å². The lowest BCUT2D eigenvalue weighted by molar-refractivity contribution is 0.0205. The van der Waals surface area contributed by atoms with E-state index in [1.54, 1.807) is 25.5 Å². The SMILES string of the molecule is CN=C(NCc1scnc1C)NCC(OC)C(C)(C)C. The van der Waals surface area contributed by atoms with Gasteiger partial charge in [-0.25, -0.2) is 4.98 Å². The molecule has 0 saturated heterocycles. The molecule has 0 aliphatic rings. The molecule has 0 bridgehead atoms. The molecule has 1 rings (SSSR count). The smallest absolute Gasteiger partial charge is 0.191 e. The van der Waals surface area contributed by atoms with Gasteiger partial charge in [0.25, 0.3) is 0 Å². The van der Waals surface area contributed by atoms with Gasteiger partial charge in [0.05, 0.1) is 23.9 Å². The molecule has 0 aromatic carbocycles. The van der Waals surface area contributed by atoms with Gasteiger partial charge in [0.2, 0.25) is 0 Å². The highest BCUT2D eigenvalue weighted by molar-refractivity contribution is 7.09. The summed E-state index contributed by atoms with van der Waals surface area (Å²) in [5.74, 6) is 0.782. The highest BCUT2D eigenvalue weighted by Crippen LogP contribution is 2.20. The molecule has 1 heterocycles. The lowest BCUT2D eigenvalue weighted by atomic mass is 9.89. The third kappa shape index (κ3) is 5.09. The first-order valence-electron chi connectivity index (χ1n) is 6.74. The van der Waals surface area contributed by atoms with Crippen LogP contribution in [0.25, 0.3) is 0 Å². The van der Waals surface area contributed by atoms with Crippen LogP contribution in [0.15, 0.2) is 10.5 Å². The Morgan fingerprint density at radius 1 is 1.45 bits per heavy atom. The highest BCUT2D eigenvalue weighted by Gasteiger charge is 2.24. The van der Waals surface area contributed by atoms with E-state index >= 15 is 0 Å². The number of nitrogens with one attached hydrogen (secondary N) is 2. The van der Waals surface area contributed by atoms with Crippen LogP contribution in [0.2, 0.25) is 0 Å². The molecule has 6 heteroatoms. The van der Waals surface area contributed by atoms with Crippen LogP contribution in [0.5, 0.6) is 0 Å². The lowest BCUT2D eigenvalue weighted by Gasteiger charge is -2.30. The van der Waals surface area contributed by atoms with E-state index in [-0.39, 0.29) is 11.5 Å². The molecule has 114 valence electrons. The van der Waals surface area contributed by atoms with Crippen LogP contribution in [0.1, 0.15) is 31.3 Å². The zero-order chi connectivity index (χ0) is 15.2. The maximum atomic E-state index is 5.53. The molecule has 0 fully saturated rings. The Bertz CT molecular complexity index is 437. The summed E-state index contributed by atoms with van der Waals surface area (Å²) < 4.78 is 5.53. The summed E-state index contributed by atoms with van der Waals surface area (Å²) in [6, 6.07) is 0. The topological polar surface area (TPSA) is 58.5 Å². The van der Waals surface area contributed by atoms with Crippen molar-refractivity contribution in [3.8, 4) is 0 Å². The maximum Gasteiger partial charge on any atom is 0.191 e. The number of thiazole rings is 1. The van der Waals surface area contributed by atoms with Gasteiger partial charge in [-0.05, 0) is 12.3 Å². The molecule has 0 aliphatic heterocycles. The maximum absolute atomic E-state index is 5.53. The second kappa shape index (κ2) is 7.59. The van der Waals surface area contributed by atoms with Crippen molar-refractivity contribution in [3.63, 3.8) is 0 Å². The van der Waals surface area contributed by atoms with Gasteiger partial charge in [0.1, 0.15) is 0 Å². The molecule has 0 radical (unpaired) electrons. The molecule has 1 aromatic rings. The Balaban J connectivity index is 2.46. The number of ether oxygens (including phenoxy) is 1. The Labute approximate surface area is 125 Å². The first kappa shape index (κ1) is 16.9. The molecule has 1 aromatic heterocycles. The first-order valence-corrected chi connectivity index (χ1v) is 7.62. The normalized spacial score (nSPS) is 14.2. The van der Waals surface area contributed by atoms with E-state index < -0.39 is 0 Å². The van der Waals surface area contributed by atoms with E-state index in [0.29, 0.717) is 0 Å². The van der Waals surface area contributed by atoms with Crippen molar-refractivity contribution in [1.82, 2.24) is 15.6 Å². The molecule has 1 unspecified atom stereocenters. The monoisotopic (exact) mass is 298 g/mol. The number of aryl methyl sites for hydroxylation is 1. The van der Waals surface area contributed by atoms with Gasteiger partial charge in [0, 0.05) is 25.6 Å². The average molecular weight is 298 g/mol. The third-order valence-corrected chi connectivity index (χ3v) is 4.13. The summed E-state index contributed by atoms with van der Waals surface area (Å²) in [5.41, 5.74) is 3.03. The van der Waals surface area contributed by atoms with Crippen molar-refractivity contribution >= 4 is 17.3 Å². The van der Waals surface area contributed by atoms with Gasteiger partial charge in [-0.3, -0.25) is 4.99 Å². The molecule has 20 heavy (non-hydrogen) atoms. The van der Waals surface area contributed by atoms with E-state index in [1.807, 2.05) is 12.4 Å². The molecule has 0 aliphatic carbocycles. The summed E-state index contributed by atoms with van der Waals surface area (Å²) in [7, 11) is 3.52. The Kier molecular flexibility index (Phi) is 6.42. The van der Waals surface area contributed by atoms with Gasteiger partial charge in [-0.15, -0.1) is 11.3 Å². The summed E-state index contributed by atoms with van der Waals surface area (Å²) >= 11 is 1.65. The fraction of sp³-hybridized carbons (Fsp3) is 0.714. The molecule has 0 saturated carbocycles. The quantitative estimate of drug-likeness (QED) is 0.646. The van der Waals surface area contributed by atoms with E-state index in [4.69, 9.17) is 4.74 Å². The minimum atomic E-state index is 0.0921. The number of hydrogen-bond donors (Lipinski definition) is 2. The van der Waals surface area contributed by atoms with Crippen molar-refractivity contribution in [2.24, 2.45) is 10.4 Å². The van der Waals surface area contributed by atoms with E-state index in [0.717, 1.165) is 24.7 Å². The van der Waals surface area contributed by atoms with Crippen LogP contribution in [0.3, 0.4) is 0 Å². The Hall–Kier alpha value is -1.14. The Morgan fingerprint density at radius 2 is 2.15 bits per heavy atom. The molecule has 5 nitrogen and oxygen atoms in total. The van der Waals surface area contributed by atoms with Gasteiger partial charge in [0.15, 0.2) is 5.96 Å². The van der Waals surface area contributed by atoms with Crippen LogP contribution in [-0.4, -0.2) is 37.7 Å². The summed E-state index contributed by atoms with van der Waals surface area (Å²) in [4.78, 5) is 9.70. The van der Waals surface area contributed by atoms with Gasteiger partial charge in [-0.1, -0.05) is 20.8 Å². The van der Waals surface area contributed by atoms with E-state index in [9.17, 15) is 0 Å². The predicted octanol–water partition coefficient (Wildman–Crippen LogP) is 2.18. The fourth-order valence-corrected chi connectivity index (χ4v) is 2.53. The van der Waals surface area contributed by atoms with E-state index in [2.05, 4.69) is 41.4 Å². The third-order valence-electron chi connectivity index (χ3n) is 3.19. The van der Waals surface area contributed by atoms with Gasteiger partial charge < -0.3 is 15.4 Å². The van der Waals surface area contributed by atoms with Crippen LogP contribution in [0.4, 0.5) is 0 Å². The average Bonchev–Trinajstić information content (AvgIpc) is 2.78. The van der Waals surface area contributed by atoms with Crippen LogP contribution in [-0.2, 0) is 11.3 Å². The molecule has 2 N–H and O–H groups in total. The second-order valence-electron chi connectivity index (χ2n) is 5.76. The number of methoxy groups -OCH3 is 1. The largest absolute Gasteiger partial charge is 0.379 e. The standard InChI is InChI=1S/C14H26N4OS/c1-10-11(20-9-18-10)7-16-13(15-5)17-8-12(19-6)14(2,3)4/h9,12H,7-8H2,1-6H3,(H2,15,16,17). The number of aliphatic imine (C=N–C) groups is 1. The second-order valence-corrected chi connectivity index (χ2v) is 6.70. The summed E-state index contributed by atoms with van der Waals surface area (Å²) in [6.07, 6.45) is 0.131. The first-order chi connectivity index (χ1) is 9.38. The number of nitrogens with zero attached hydrogens (tertiary/aromatic N) is 2. The predicted molar refractivity (Wildman–Crippen MR) is 85.3 cm³/mol. The highest BCUT2D eigenvalue weighted by atomic mass is 32.1.